The molecule has 0 fully saturated rings. The van der Waals surface area contributed by atoms with Crippen LogP contribution in [0.1, 0.15) is 80.4 Å². The zero-order valence-corrected chi connectivity index (χ0v) is 18.4. The summed E-state index contributed by atoms with van der Waals surface area (Å²) in [5.41, 5.74) is 3.25. The van der Waals surface area contributed by atoms with Crippen LogP contribution in [0.15, 0.2) is 24.3 Å². The summed E-state index contributed by atoms with van der Waals surface area (Å²) in [7, 11) is 2.46. The van der Waals surface area contributed by atoms with E-state index >= 15 is 0 Å². The number of aromatic hydroxyl groups is 1. The second-order valence-electron chi connectivity index (χ2n) is 3.52. The number of nitrogens with one attached hydrogen (secondary N) is 1. The summed E-state index contributed by atoms with van der Waals surface area (Å²) in [6.07, 6.45) is 2.88. The van der Waals surface area contributed by atoms with Crippen molar-refractivity contribution in [2.24, 2.45) is 0 Å². The molecule has 0 heterocycles. The van der Waals surface area contributed by atoms with Crippen LogP contribution in [0.4, 0.5) is 0 Å². The number of benzene rings is 1. The highest BCUT2D eigenvalue weighted by Gasteiger charge is 2.02. The van der Waals surface area contributed by atoms with Gasteiger partial charge in [-0.25, -0.2) is 0 Å². The minimum atomic E-state index is 0.383. The molecule has 0 aliphatic rings. The lowest BCUT2D eigenvalue weighted by molar-refractivity contribution is 0.468. The first-order chi connectivity index (χ1) is 11.2. The maximum atomic E-state index is 9.80. The van der Waals surface area contributed by atoms with Gasteiger partial charge in [-0.2, -0.15) is 0 Å². The van der Waals surface area contributed by atoms with Crippen LogP contribution in [-0.4, -0.2) is 11.7 Å². The van der Waals surface area contributed by atoms with Crippen LogP contribution in [0.25, 0.3) is 5.57 Å². The quantitative estimate of drug-likeness (QED) is 0.586. The van der Waals surface area contributed by atoms with Crippen molar-refractivity contribution in [2.45, 2.75) is 75.7 Å². The third-order valence-electron chi connectivity index (χ3n) is 2.51. The Morgan fingerprint density at radius 1 is 1.04 bits per heavy atom. The zero-order valence-electron chi connectivity index (χ0n) is 17.2. The van der Waals surface area contributed by atoms with Crippen LogP contribution in [0.3, 0.4) is 0 Å². The first-order valence-electron chi connectivity index (χ1n) is 9.07. The van der Waals surface area contributed by atoms with Gasteiger partial charge in [0.2, 0.25) is 0 Å². The van der Waals surface area contributed by atoms with Crippen molar-refractivity contribution in [3.63, 3.8) is 0 Å². The van der Waals surface area contributed by atoms with Crippen molar-refractivity contribution >= 4 is 15.0 Å². The number of hydrogen-bond acceptors (Lipinski definition) is 2. The highest BCUT2D eigenvalue weighted by Crippen LogP contribution is 2.23. The summed E-state index contributed by atoms with van der Waals surface area (Å²) < 4.78 is 0. The number of rotatable bonds is 4. The molecule has 3 heteroatoms. The number of hydrogen-bond donors (Lipinski definition) is 2. The fraction of sp³-hybridized carbons (Fsp3) is 0.600. The Kier molecular flexibility index (Phi) is 34.1. The molecule has 1 aromatic rings. The third-order valence-corrected chi connectivity index (χ3v) is 2.80. The van der Waals surface area contributed by atoms with Gasteiger partial charge < -0.3 is 10.2 Å². The topological polar surface area (TPSA) is 32.3 Å². The van der Waals surface area contributed by atoms with Crippen molar-refractivity contribution < 1.29 is 5.11 Å². The molecule has 0 spiro atoms. The largest absolute Gasteiger partial charge is 0.508 e. The summed E-state index contributed by atoms with van der Waals surface area (Å²) in [5, 5.41) is 12.8. The summed E-state index contributed by atoms with van der Waals surface area (Å²) >= 11 is 0. The molecule has 2 nitrogen and oxygen atoms in total. The number of phenolic OH excluding ortho intramolecular Hbond substituents is 1. The first-order valence-corrected chi connectivity index (χ1v) is 9.65. The molecule has 0 aromatic heterocycles. The average Bonchev–Trinajstić information content (AvgIpc) is 2.66. The Bertz CT molecular complexity index is 363. The van der Waals surface area contributed by atoms with Crippen molar-refractivity contribution in [1.82, 2.24) is 5.09 Å². The second-order valence-corrected chi connectivity index (χ2v) is 3.93. The van der Waals surface area contributed by atoms with E-state index in [2.05, 4.69) is 14.5 Å². The van der Waals surface area contributed by atoms with Gasteiger partial charge in [-0.05, 0) is 43.0 Å². The molecular weight excluding hydrogens is 301 g/mol. The van der Waals surface area contributed by atoms with Gasteiger partial charge in [-0.15, -0.1) is 0 Å². The van der Waals surface area contributed by atoms with Gasteiger partial charge in [0.1, 0.15) is 5.75 Å². The van der Waals surface area contributed by atoms with Crippen molar-refractivity contribution in [3.05, 3.63) is 35.4 Å². The van der Waals surface area contributed by atoms with Crippen LogP contribution >= 0.6 is 9.39 Å². The number of phenols is 1. The predicted octanol–water partition coefficient (Wildman–Crippen LogP) is 6.84. The van der Waals surface area contributed by atoms with Gasteiger partial charge in [-0.1, -0.05) is 83.0 Å². The standard InChI is InChI=1S/C12H18NOP.4C2H6/c1-3-9(2)11-5-4-10(6-7-13-15)12(14)8-11;4*1-2/h3-5,8,13-14H,6-7,15H2,1-2H3;4*1-2H3/b9-3+;;;;. The molecule has 0 saturated heterocycles. The lowest BCUT2D eigenvalue weighted by atomic mass is 10.0. The molecule has 0 amide bonds. The van der Waals surface area contributed by atoms with Gasteiger partial charge >= 0.3 is 0 Å². The minimum absolute atomic E-state index is 0.383. The molecule has 1 unspecified atom stereocenters. The molecule has 23 heavy (non-hydrogen) atoms. The second kappa shape index (κ2) is 26.1. The Hall–Kier alpha value is -0.850. The molecule has 0 bridgehead atoms. The van der Waals surface area contributed by atoms with Gasteiger partial charge in [0, 0.05) is 6.54 Å². The summed E-state index contributed by atoms with van der Waals surface area (Å²) in [4.78, 5) is 0. The molecule has 138 valence electrons. The van der Waals surface area contributed by atoms with E-state index in [1.54, 1.807) is 0 Å². The maximum absolute atomic E-state index is 9.80. The normalized spacial score (nSPS) is 8.74. The molecule has 1 rings (SSSR count). The molecule has 0 radical (unpaired) electrons. The molecule has 1 aromatic carbocycles. The predicted molar refractivity (Wildman–Crippen MR) is 114 cm³/mol. The van der Waals surface area contributed by atoms with Gasteiger partial charge in [0.15, 0.2) is 0 Å². The SMILES string of the molecule is C/C=C(\C)c1ccc(CCNP)c(O)c1.CC.CC.CC.CC. The van der Waals surface area contributed by atoms with Crippen molar-refractivity contribution in [3.8, 4) is 5.75 Å². The van der Waals surface area contributed by atoms with Crippen molar-refractivity contribution in [2.75, 3.05) is 6.54 Å². The van der Waals surface area contributed by atoms with Crippen molar-refractivity contribution in [1.29, 1.82) is 0 Å². The van der Waals surface area contributed by atoms with E-state index in [-0.39, 0.29) is 0 Å². The van der Waals surface area contributed by atoms with E-state index in [0.29, 0.717) is 5.75 Å². The van der Waals surface area contributed by atoms with E-state index in [4.69, 9.17) is 0 Å². The van der Waals surface area contributed by atoms with E-state index < -0.39 is 0 Å². The smallest absolute Gasteiger partial charge is 0.119 e. The van der Waals surface area contributed by atoms with Gasteiger partial charge in [0.25, 0.3) is 0 Å². The molecule has 2 N–H and O–H groups in total. The van der Waals surface area contributed by atoms with Crippen LogP contribution in [0, 0.1) is 0 Å². The lowest BCUT2D eigenvalue weighted by Gasteiger charge is -2.07. The molecule has 0 aliphatic heterocycles. The van der Waals surface area contributed by atoms with Crippen LogP contribution in [-0.2, 0) is 6.42 Å². The zero-order chi connectivity index (χ0) is 19.3. The maximum Gasteiger partial charge on any atom is 0.119 e. The molecular formula is C20H42NOP. The van der Waals surface area contributed by atoms with E-state index in [0.717, 1.165) is 24.1 Å². The average molecular weight is 344 g/mol. The van der Waals surface area contributed by atoms with E-state index in [9.17, 15) is 5.11 Å². The lowest BCUT2D eigenvalue weighted by Crippen LogP contribution is -2.03. The molecule has 0 saturated carbocycles. The monoisotopic (exact) mass is 343 g/mol. The summed E-state index contributed by atoms with van der Waals surface area (Å²) in [5.74, 6) is 0.383. The Morgan fingerprint density at radius 3 is 1.87 bits per heavy atom. The molecule has 1 atom stereocenters. The molecule has 0 aliphatic carbocycles. The van der Waals surface area contributed by atoms with E-state index in [1.807, 2.05) is 93.5 Å². The highest BCUT2D eigenvalue weighted by atomic mass is 31.0. The first kappa shape index (κ1) is 30.1. The fourth-order valence-electron chi connectivity index (χ4n) is 1.39. The van der Waals surface area contributed by atoms with Crippen LogP contribution in [0.2, 0.25) is 0 Å². The number of allylic oxidation sites excluding steroid dienone is 2. The Morgan fingerprint density at radius 2 is 1.52 bits per heavy atom. The third kappa shape index (κ3) is 15.8. The van der Waals surface area contributed by atoms with Gasteiger partial charge in [0.05, 0.1) is 0 Å². The van der Waals surface area contributed by atoms with Crippen LogP contribution in [0.5, 0.6) is 5.75 Å². The Labute approximate surface area is 149 Å². The van der Waals surface area contributed by atoms with Gasteiger partial charge in [-0.3, -0.25) is 0 Å². The minimum Gasteiger partial charge on any atom is -0.508 e. The Balaban J connectivity index is -0.000000196. The summed E-state index contributed by atoms with van der Waals surface area (Å²) in [6, 6.07) is 5.86. The van der Waals surface area contributed by atoms with E-state index in [1.165, 1.54) is 5.57 Å². The summed E-state index contributed by atoms with van der Waals surface area (Å²) in [6.45, 7) is 20.9. The fourth-order valence-corrected chi connectivity index (χ4v) is 1.54. The van der Waals surface area contributed by atoms with Crippen LogP contribution < -0.4 is 5.09 Å². The highest BCUT2D eigenvalue weighted by molar-refractivity contribution is 7.13.